The Hall–Kier alpha value is -1.86. The minimum atomic E-state index is -0.284. The molecule has 1 amide bonds. The van der Waals surface area contributed by atoms with Gasteiger partial charge < -0.3 is 20.0 Å². The van der Waals surface area contributed by atoms with E-state index in [4.69, 9.17) is 22.8 Å². The van der Waals surface area contributed by atoms with Crippen LogP contribution in [0, 0.1) is 0 Å². The number of hydrazine groups is 1. The van der Waals surface area contributed by atoms with Crippen LogP contribution in [-0.2, 0) is 11.3 Å². The third-order valence-electron chi connectivity index (χ3n) is 3.85. The highest BCUT2D eigenvalue weighted by Crippen LogP contribution is 2.16. The Balaban J connectivity index is 1.86. The predicted octanol–water partition coefficient (Wildman–Crippen LogP) is 1.47. The number of hydrogen-bond acceptors (Lipinski definition) is 4. The van der Waals surface area contributed by atoms with Gasteiger partial charge in [0.05, 0.1) is 0 Å². The van der Waals surface area contributed by atoms with Crippen LogP contribution in [0.25, 0.3) is 0 Å². The first-order chi connectivity index (χ1) is 10.6. The van der Waals surface area contributed by atoms with Gasteiger partial charge in [-0.1, -0.05) is 30.3 Å². The molecule has 1 atom stereocenters. The summed E-state index contributed by atoms with van der Waals surface area (Å²) in [6.45, 7) is 1.59. The van der Waals surface area contributed by atoms with Crippen molar-refractivity contribution in [3.8, 4) is 0 Å². The third kappa shape index (κ3) is 4.32. The fraction of sp³-hybridized carbons (Fsp3) is 0.467. The number of amides is 1. The van der Waals surface area contributed by atoms with Crippen LogP contribution < -0.4 is 11.3 Å². The Kier molecular flexibility index (Phi) is 5.97. The number of nitrogens with two attached hydrogens (primary N) is 1. The molecule has 1 aliphatic rings. The molecule has 120 valence electrons. The molecule has 7 heteroatoms. The van der Waals surface area contributed by atoms with Gasteiger partial charge in [0.15, 0.2) is 5.11 Å². The van der Waals surface area contributed by atoms with E-state index < -0.39 is 0 Å². The van der Waals surface area contributed by atoms with E-state index in [2.05, 4.69) is 5.43 Å². The third-order valence-corrected chi connectivity index (χ3v) is 4.26. The molecule has 1 aromatic carbocycles. The zero-order valence-corrected chi connectivity index (χ0v) is 13.5. The first-order valence-electron chi connectivity index (χ1n) is 7.31. The summed E-state index contributed by atoms with van der Waals surface area (Å²) in [5.41, 5.74) is 3.46. The van der Waals surface area contributed by atoms with Crippen LogP contribution >= 0.6 is 12.2 Å². The van der Waals surface area contributed by atoms with Crippen molar-refractivity contribution in [2.24, 2.45) is 5.84 Å². The number of rotatable bonds is 3. The molecule has 22 heavy (non-hydrogen) atoms. The number of likely N-dealkylation sites (N-methyl/N-ethyl adjacent to an activating group) is 1. The average Bonchev–Trinajstić information content (AvgIpc) is 2.59. The normalized spacial score (nSPS) is 17.7. The van der Waals surface area contributed by atoms with Gasteiger partial charge >= 0.3 is 6.09 Å². The number of piperidine rings is 1. The van der Waals surface area contributed by atoms with E-state index in [1.54, 1.807) is 4.90 Å². The van der Waals surface area contributed by atoms with Crippen molar-refractivity contribution in [2.45, 2.75) is 25.5 Å². The highest BCUT2D eigenvalue weighted by atomic mass is 32.1. The van der Waals surface area contributed by atoms with E-state index in [9.17, 15) is 4.79 Å². The maximum atomic E-state index is 12.2. The molecule has 1 fully saturated rings. The molecule has 6 nitrogen and oxygen atoms in total. The van der Waals surface area contributed by atoms with E-state index in [1.807, 2.05) is 42.3 Å². The smallest absolute Gasteiger partial charge is 0.410 e. The number of benzene rings is 1. The van der Waals surface area contributed by atoms with E-state index in [1.165, 1.54) is 0 Å². The van der Waals surface area contributed by atoms with Crippen LogP contribution in [0.2, 0.25) is 0 Å². The lowest BCUT2D eigenvalue weighted by Gasteiger charge is -2.37. The first-order valence-corrected chi connectivity index (χ1v) is 7.71. The van der Waals surface area contributed by atoms with Gasteiger partial charge in [0, 0.05) is 26.2 Å². The molecule has 1 heterocycles. The van der Waals surface area contributed by atoms with Crippen LogP contribution in [0.3, 0.4) is 0 Å². The highest BCUT2D eigenvalue weighted by Gasteiger charge is 2.28. The summed E-state index contributed by atoms with van der Waals surface area (Å²) >= 11 is 5.13. The summed E-state index contributed by atoms with van der Waals surface area (Å²) in [6.07, 6.45) is 1.61. The summed E-state index contributed by atoms with van der Waals surface area (Å²) in [5.74, 6) is 5.35. The number of likely N-dealkylation sites (tertiary alicyclic amines) is 1. The monoisotopic (exact) mass is 322 g/mol. The molecule has 2 rings (SSSR count). The maximum absolute atomic E-state index is 12.2. The first kappa shape index (κ1) is 16.5. The lowest BCUT2D eigenvalue weighted by molar-refractivity contribution is 0.0761. The number of carbonyl (C=O) groups excluding carboxylic acids is 1. The Morgan fingerprint density at radius 1 is 1.50 bits per heavy atom. The van der Waals surface area contributed by atoms with Gasteiger partial charge in [-0.05, 0) is 30.6 Å². The van der Waals surface area contributed by atoms with Gasteiger partial charge in [-0.25, -0.2) is 10.6 Å². The van der Waals surface area contributed by atoms with Gasteiger partial charge in [-0.2, -0.15) is 0 Å². The van der Waals surface area contributed by atoms with Crippen molar-refractivity contribution in [2.75, 3.05) is 20.1 Å². The number of carbonyl (C=O) groups is 1. The molecule has 1 saturated heterocycles. The second-order valence-corrected chi connectivity index (χ2v) is 5.73. The van der Waals surface area contributed by atoms with Crippen molar-refractivity contribution in [3.63, 3.8) is 0 Å². The number of ether oxygens (including phenoxy) is 1. The lowest BCUT2D eigenvalue weighted by Crippen LogP contribution is -2.53. The summed E-state index contributed by atoms with van der Waals surface area (Å²) in [6, 6.07) is 9.81. The lowest BCUT2D eigenvalue weighted by atomic mass is 10.1. The Morgan fingerprint density at radius 2 is 2.23 bits per heavy atom. The average molecular weight is 322 g/mol. The van der Waals surface area contributed by atoms with E-state index in [0.29, 0.717) is 24.8 Å². The molecular weight excluding hydrogens is 300 g/mol. The number of nitrogens with zero attached hydrogens (tertiary/aromatic N) is 2. The van der Waals surface area contributed by atoms with Crippen molar-refractivity contribution < 1.29 is 9.53 Å². The highest BCUT2D eigenvalue weighted by molar-refractivity contribution is 7.80. The fourth-order valence-corrected chi connectivity index (χ4v) is 2.66. The minimum Gasteiger partial charge on any atom is -0.445 e. The number of hydrogen-bond donors (Lipinski definition) is 2. The molecule has 0 saturated carbocycles. The zero-order chi connectivity index (χ0) is 15.9. The second kappa shape index (κ2) is 7.95. The Labute approximate surface area is 136 Å². The number of thiocarbonyl (C=S) groups is 1. The van der Waals surface area contributed by atoms with Gasteiger partial charge in [-0.3, -0.25) is 0 Å². The van der Waals surface area contributed by atoms with Crippen LogP contribution in [0.4, 0.5) is 4.79 Å². The van der Waals surface area contributed by atoms with Gasteiger partial charge in [0.25, 0.3) is 0 Å². The molecular formula is C15H22N4O2S. The standard InChI is InChI=1S/C15H22N4O2S/c1-18(14(22)17-16)13-8-5-9-19(10-13)15(20)21-11-12-6-3-2-4-7-12/h2-4,6-7,13H,5,8-11,16H2,1H3,(H,17,22)/t13-/m0/s1. The van der Waals surface area contributed by atoms with Crippen molar-refractivity contribution >= 4 is 23.4 Å². The molecule has 0 bridgehead atoms. The Bertz CT molecular complexity index is 512. The van der Waals surface area contributed by atoms with Crippen LogP contribution in [0.1, 0.15) is 18.4 Å². The van der Waals surface area contributed by atoms with E-state index in [0.717, 1.165) is 18.4 Å². The minimum absolute atomic E-state index is 0.154. The molecule has 1 aromatic rings. The quantitative estimate of drug-likeness (QED) is 0.499. The van der Waals surface area contributed by atoms with Crippen molar-refractivity contribution in [1.29, 1.82) is 0 Å². The summed E-state index contributed by atoms with van der Waals surface area (Å²) in [5, 5.41) is 0.476. The largest absolute Gasteiger partial charge is 0.445 e. The van der Waals surface area contributed by atoms with Crippen LogP contribution in [-0.4, -0.2) is 47.2 Å². The van der Waals surface area contributed by atoms with Gasteiger partial charge in [-0.15, -0.1) is 0 Å². The second-order valence-electron chi connectivity index (χ2n) is 5.34. The summed E-state index contributed by atoms with van der Waals surface area (Å²) in [4.78, 5) is 15.8. The molecule has 3 N–H and O–H groups in total. The predicted molar refractivity (Wildman–Crippen MR) is 88.9 cm³/mol. The number of nitrogens with one attached hydrogen (secondary N) is 1. The molecule has 0 aromatic heterocycles. The van der Waals surface area contributed by atoms with E-state index in [-0.39, 0.29) is 12.1 Å². The topological polar surface area (TPSA) is 70.8 Å². The Morgan fingerprint density at radius 3 is 2.91 bits per heavy atom. The fourth-order valence-electron chi connectivity index (χ4n) is 2.51. The zero-order valence-electron chi connectivity index (χ0n) is 12.7. The molecule has 0 spiro atoms. The molecule has 0 unspecified atom stereocenters. The summed E-state index contributed by atoms with van der Waals surface area (Å²) in [7, 11) is 1.88. The van der Waals surface area contributed by atoms with Crippen LogP contribution in [0.15, 0.2) is 30.3 Å². The van der Waals surface area contributed by atoms with Crippen LogP contribution in [0.5, 0.6) is 0 Å². The van der Waals surface area contributed by atoms with Gasteiger partial charge in [0.2, 0.25) is 0 Å². The molecule has 0 aliphatic carbocycles. The van der Waals surface area contributed by atoms with E-state index >= 15 is 0 Å². The molecule has 0 radical (unpaired) electrons. The van der Waals surface area contributed by atoms with Crippen molar-refractivity contribution in [1.82, 2.24) is 15.2 Å². The van der Waals surface area contributed by atoms with Crippen molar-refractivity contribution in [3.05, 3.63) is 35.9 Å². The summed E-state index contributed by atoms with van der Waals surface area (Å²) < 4.78 is 5.38. The van der Waals surface area contributed by atoms with Gasteiger partial charge in [0.1, 0.15) is 6.61 Å². The SMILES string of the molecule is CN(C(=S)NN)[C@H]1CCCN(C(=O)OCc2ccccc2)C1. The molecule has 1 aliphatic heterocycles. The maximum Gasteiger partial charge on any atom is 0.410 e.